The molecule has 0 spiro atoms. The summed E-state index contributed by atoms with van der Waals surface area (Å²) in [5.41, 5.74) is 1.29. The smallest absolute Gasteiger partial charge is 0.139 e. The highest BCUT2D eigenvalue weighted by atomic mass is 16.5. The summed E-state index contributed by atoms with van der Waals surface area (Å²) in [5, 5.41) is 0. The van der Waals surface area contributed by atoms with Crippen LogP contribution in [0.3, 0.4) is 0 Å². The Labute approximate surface area is 174 Å². The lowest BCUT2D eigenvalue weighted by Crippen LogP contribution is -2.58. The summed E-state index contributed by atoms with van der Waals surface area (Å²) in [6.45, 7) is 5.31. The van der Waals surface area contributed by atoms with Gasteiger partial charge in [0.05, 0.1) is 12.7 Å². The van der Waals surface area contributed by atoms with Crippen LogP contribution in [0.15, 0.2) is 30.3 Å². The summed E-state index contributed by atoms with van der Waals surface area (Å²) in [6.07, 6.45) is 7.57. The lowest BCUT2D eigenvalue weighted by atomic mass is 9.44. The third kappa shape index (κ3) is 3.03. The maximum atomic E-state index is 12.8. The molecule has 29 heavy (non-hydrogen) atoms. The Morgan fingerprint density at radius 2 is 1.79 bits per heavy atom. The van der Waals surface area contributed by atoms with Gasteiger partial charge in [0.15, 0.2) is 0 Å². The van der Waals surface area contributed by atoms with E-state index in [1.54, 1.807) is 0 Å². The minimum atomic E-state index is -0.150. The lowest BCUT2D eigenvalue weighted by Gasteiger charge is -2.61. The van der Waals surface area contributed by atoms with Crippen LogP contribution in [0.2, 0.25) is 0 Å². The largest absolute Gasteiger partial charge is 0.373 e. The van der Waals surface area contributed by atoms with Crippen molar-refractivity contribution in [3.8, 4) is 0 Å². The molecule has 0 amide bonds. The second kappa shape index (κ2) is 7.04. The Kier molecular flexibility index (Phi) is 4.73. The number of ether oxygens (including phenoxy) is 1. The van der Waals surface area contributed by atoms with E-state index in [2.05, 4.69) is 38.1 Å². The quantitative estimate of drug-likeness (QED) is 0.693. The molecule has 3 heteroatoms. The van der Waals surface area contributed by atoms with E-state index in [1.807, 2.05) is 6.07 Å². The van der Waals surface area contributed by atoms with Gasteiger partial charge >= 0.3 is 0 Å². The molecule has 5 rings (SSSR count). The molecule has 3 nitrogen and oxygen atoms in total. The van der Waals surface area contributed by atoms with Gasteiger partial charge in [-0.25, -0.2) is 0 Å². The second-order valence-electron chi connectivity index (χ2n) is 10.7. The first-order chi connectivity index (χ1) is 13.9. The maximum absolute atomic E-state index is 12.8. The second-order valence-corrected chi connectivity index (χ2v) is 10.7. The van der Waals surface area contributed by atoms with E-state index in [1.165, 1.54) is 5.56 Å². The number of hydrogen-bond donors (Lipinski definition) is 0. The molecule has 0 heterocycles. The number of rotatable bonds is 3. The van der Waals surface area contributed by atoms with Gasteiger partial charge in [0, 0.05) is 24.7 Å². The lowest BCUT2D eigenvalue weighted by molar-refractivity contribution is -0.181. The molecule has 0 radical (unpaired) electrons. The zero-order valence-electron chi connectivity index (χ0n) is 17.9. The third-order valence-corrected chi connectivity index (χ3v) is 9.49. The number of carbonyl (C=O) groups is 2. The van der Waals surface area contributed by atoms with E-state index >= 15 is 0 Å². The molecule has 4 fully saturated rings. The van der Waals surface area contributed by atoms with Gasteiger partial charge in [0.2, 0.25) is 0 Å². The fourth-order valence-electron chi connectivity index (χ4n) is 7.71. The molecule has 0 unspecified atom stereocenters. The van der Waals surface area contributed by atoms with Crippen LogP contribution in [0.5, 0.6) is 0 Å². The number of hydrogen-bond acceptors (Lipinski definition) is 3. The van der Waals surface area contributed by atoms with Crippen molar-refractivity contribution in [1.82, 2.24) is 0 Å². The molecule has 0 saturated heterocycles. The van der Waals surface area contributed by atoms with Crippen LogP contribution in [0.25, 0.3) is 0 Å². The first-order valence-electron chi connectivity index (χ1n) is 11.6. The van der Waals surface area contributed by atoms with Crippen molar-refractivity contribution >= 4 is 11.6 Å². The molecule has 1 aromatic carbocycles. The molecule has 4 aliphatic rings. The highest BCUT2D eigenvalue weighted by Crippen LogP contribution is 2.65. The minimum Gasteiger partial charge on any atom is -0.373 e. The summed E-state index contributed by atoms with van der Waals surface area (Å²) >= 11 is 0. The topological polar surface area (TPSA) is 43.4 Å². The predicted octanol–water partition coefficient (Wildman–Crippen LogP) is 5.36. The van der Waals surface area contributed by atoms with Crippen LogP contribution in [0.4, 0.5) is 0 Å². The van der Waals surface area contributed by atoms with E-state index in [-0.39, 0.29) is 16.9 Å². The molecule has 4 saturated carbocycles. The van der Waals surface area contributed by atoms with Crippen molar-refractivity contribution in [2.24, 2.45) is 34.5 Å². The Morgan fingerprint density at radius 1 is 1.00 bits per heavy atom. The fourth-order valence-corrected chi connectivity index (χ4v) is 7.71. The molecule has 7 atom stereocenters. The van der Waals surface area contributed by atoms with Gasteiger partial charge in [0.25, 0.3) is 0 Å². The Bertz CT molecular complexity index is 801. The van der Waals surface area contributed by atoms with Crippen LogP contribution in [-0.2, 0) is 20.9 Å². The molecule has 4 aliphatic carbocycles. The number of benzene rings is 1. The molecule has 1 aromatic rings. The molecular weight excluding hydrogens is 360 g/mol. The van der Waals surface area contributed by atoms with Gasteiger partial charge in [-0.15, -0.1) is 0 Å². The zero-order valence-corrected chi connectivity index (χ0v) is 17.9. The summed E-state index contributed by atoms with van der Waals surface area (Å²) < 4.78 is 6.63. The normalized spacial score (nSPS) is 44.1. The highest BCUT2D eigenvalue weighted by molar-refractivity contribution is 5.87. The van der Waals surface area contributed by atoms with E-state index in [0.717, 1.165) is 51.4 Å². The van der Waals surface area contributed by atoms with Crippen molar-refractivity contribution in [2.75, 3.05) is 0 Å². The van der Waals surface area contributed by atoms with Gasteiger partial charge in [-0.1, -0.05) is 44.2 Å². The molecule has 156 valence electrons. The number of ketones is 2. The van der Waals surface area contributed by atoms with Crippen molar-refractivity contribution < 1.29 is 14.3 Å². The molecular formula is C26H34O3. The van der Waals surface area contributed by atoms with E-state index in [0.29, 0.717) is 41.8 Å². The van der Waals surface area contributed by atoms with Gasteiger partial charge < -0.3 is 4.74 Å². The van der Waals surface area contributed by atoms with Gasteiger partial charge in [0.1, 0.15) is 11.6 Å². The summed E-state index contributed by atoms with van der Waals surface area (Å²) in [5.74, 6) is 2.84. The Hall–Kier alpha value is -1.48. The highest BCUT2D eigenvalue weighted by Gasteiger charge is 2.63. The van der Waals surface area contributed by atoms with Crippen LogP contribution >= 0.6 is 0 Å². The fraction of sp³-hybridized carbons (Fsp3) is 0.692. The van der Waals surface area contributed by atoms with E-state index in [4.69, 9.17) is 4.74 Å². The van der Waals surface area contributed by atoms with Gasteiger partial charge in [-0.05, 0) is 66.8 Å². The maximum Gasteiger partial charge on any atom is 0.139 e. The first kappa shape index (κ1) is 19.5. The zero-order chi connectivity index (χ0) is 20.2. The average Bonchev–Trinajstić information content (AvgIpc) is 3.02. The van der Waals surface area contributed by atoms with Crippen molar-refractivity contribution in [2.45, 2.75) is 77.9 Å². The van der Waals surface area contributed by atoms with Crippen molar-refractivity contribution in [3.63, 3.8) is 0 Å². The van der Waals surface area contributed by atoms with Crippen molar-refractivity contribution in [3.05, 3.63) is 35.9 Å². The van der Waals surface area contributed by atoms with Crippen LogP contribution < -0.4 is 0 Å². The van der Waals surface area contributed by atoms with Crippen LogP contribution in [0.1, 0.15) is 70.8 Å². The minimum absolute atomic E-state index is 0.150. The number of fused-ring (bicyclic) bond motifs is 5. The summed E-state index contributed by atoms with van der Waals surface area (Å²) in [7, 11) is 0. The molecule has 0 aliphatic heterocycles. The standard InChI is InChI=1S/C26H34O3/c1-25-12-10-19(27)14-18(25)15-22(29-16-17-6-4-3-5-7-17)24-20-8-9-23(28)26(20,2)13-11-21(24)25/h3-7,18,20-22,24H,8-16H2,1-2H3/t18-,20+,21+,22+,24+,25+,26+/m0/s1. The summed E-state index contributed by atoms with van der Waals surface area (Å²) in [4.78, 5) is 25.1. The van der Waals surface area contributed by atoms with Gasteiger partial charge in [-0.3, -0.25) is 9.59 Å². The van der Waals surface area contributed by atoms with Gasteiger partial charge in [-0.2, -0.15) is 0 Å². The first-order valence-corrected chi connectivity index (χ1v) is 11.6. The van der Waals surface area contributed by atoms with Crippen LogP contribution in [-0.4, -0.2) is 17.7 Å². The van der Waals surface area contributed by atoms with E-state index in [9.17, 15) is 9.59 Å². The van der Waals surface area contributed by atoms with E-state index < -0.39 is 0 Å². The predicted molar refractivity (Wildman–Crippen MR) is 112 cm³/mol. The third-order valence-electron chi connectivity index (χ3n) is 9.49. The van der Waals surface area contributed by atoms with Crippen LogP contribution in [0, 0.1) is 34.5 Å². The Balaban J connectivity index is 1.47. The Morgan fingerprint density at radius 3 is 2.59 bits per heavy atom. The molecule has 0 aromatic heterocycles. The number of carbonyl (C=O) groups excluding carboxylic acids is 2. The summed E-state index contributed by atoms with van der Waals surface area (Å²) in [6, 6.07) is 10.4. The van der Waals surface area contributed by atoms with Crippen molar-refractivity contribution in [1.29, 1.82) is 0 Å². The monoisotopic (exact) mass is 394 g/mol. The molecule has 0 N–H and O–H groups in total. The average molecular weight is 395 g/mol. The SMILES string of the molecule is C[C@@]12CCC(=O)C[C@H]1C[C@@H](OCc1ccccc1)[C@H]1[C@H]2CC[C@@]2(C)C(=O)CC[C@H]12. The number of Topliss-reactive ketones (excluding diaryl/α,β-unsaturated/α-hetero) is 2. The molecule has 0 bridgehead atoms.